The summed E-state index contributed by atoms with van der Waals surface area (Å²) in [4.78, 5) is 28.8. The fourth-order valence-electron chi connectivity index (χ4n) is 2.58. The fraction of sp³-hybridized carbons (Fsp3) is 0.211. The number of nitrogens with zero attached hydrogens (tertiary/aromatic N) is 1. The first kappa shape index (κ1) is 21.6. The van der Waals surface area contributed by atoms with Gasteiger partial charge in [0.2, 0.25) is 0 Å². The van der Waals surface area contributed by atoms with Gasteiger partial charge in [0.25, 0.3) is 5.91 Å². The summed E-state index contributed by atoms with van der Waals surface area (Å²) >= 11 is 14.5. The number of thiazole rings is 1. The molecule has 0 aliphatic rings. The quantitative estimate of drug-likeness (QED) is 0.377. The van der Waals surface area contributed by atoms with Crippen molar-refractivity contribution < 1.29 is 14.7 Å². The molecule has 2 heterocycles. The number of hydrogen-bond acceptors (Lipinski definition) is 6. The molecule has 0 spiro atoms. The fourth-order valence-corrected chi connectivity index (χ4v) is 4.53. The monoisotopic (exact) mass is 469 g/mol. The third-order valence-corrected chi connectivity index (χ3v) is 6.19. The van der Waals surface area contributed by atoms with Crippen LogP contribution >= 0.6 is 45.9 Å². The average Bonchev–Trinajstić information content (AvgIpc) is 3.30. The van der Waals surface area contributed by atoms with Crippen molar-refractivity contribution in [3.05, 3.63) is 61.7 Å². The second-order valence-corrected chi connectivity index (χ2v) is 8.87. The molecule has 0 atom stereocenters. The van der Waals surface area contributed by atoms with E-state index in [1.54, 1.807) is 11.4 Å². The lowest BCUT2D eigenvalue weighted by Crippen LogP contribution is -2.10. The van der Waals surface area contributed by atoms with Gasteiger partial charge in [-0.3, -0.25) is 14.9 Å². The Kier molecular flexibility index (Phi) is 7.49. The number of aryl methyl sites for hydroxylation is 1. The molecule has 10 heteroatoms. The highest BCUT2D eigenvalue weighted by molar-refractivity contribution is 7.15. The number of carboxylic acid groups (broad SMARTS) is 1. The van der Waals surface area contributed by atoms with Crippen LogP contribution in [0.2, 0.25) is 5.02 Å². The van der Waals surface area contributed by atoms with Crippen LogP contribution < -0.4 is 10.6 Å². The molecule has 0 bridgehead atoms. The van der Waals surface area contributed by atoms with Gasteiger partial charge in [0.05, 0.1) is 17.0 Å². The number of alkyl halides is 1. The number of nitrogens with one attached hydrogen (secondary N) is 2. The Hall–Kier alpha value is -2.13. The highest BCUT2D eigenvalue weighted by Gasteiger charge is 2.13. The summed E-state index contributed by atoms with van der Waals surface area (Å²) in [7, 11) is 0. The van der Waals surface area contributed by atoms with Gasteiger partial charge in [0.15, 0.2) is 5.13 Å². The van der Waals surface area contributed by atoms with E-state index in [1.165, 1.54) is 22.7 Å². The Bertz CT molecular complexity index is 1020. The van der Waals surface area contributed by atoms with Crippen LogP contribution in [0.25, 0.3) is 0 Å². The molecule has 6 nitrogen and oxygen atoms in total. The molecule has 0 radical (unpaired) electrons. The minimum absolute atomic E-state index is 0.169. The van der Waals surface area contributed by atoms with Crippen molar-refractivity contribution in [3.8, 4) is 0 Å². The largest absolute Gasteiger partial charge is 0.481 e. The summed E-state index contributed by atoms with van der Waals surface area (Å²) < 4.78 is 0. The lowest BCUT2D eigenvalue weighted by Gasteiger charge is -2.11. The molecule has 1 aromatic carbocycles. The van der Waals surface area contributed by atoms with Crippen LogP contribution in [-0.4, -0.2) is 27.8 Å². The molecule has 0 unspecified atom stereocenters. The van der Waals surface area contributed by atoms with Crippen molar-refractivity contribution in [1.82, 2.24) is 4.98 Å². The molecule has 1 amide bonds. The van der Waals surface area contributed by atoms with E-state index >= 15 is 0 Å². The summed E-state index contributed by atoms with van der Waals surface area (Å²) in [5.74, 6) is -0.728. The molecule has 0 aliphatic carbocycles. The maximum Gasteiger partial charge on any atom is 0.309 e. The molecule has 29 heavy (non-hydrogen) atoms. The number of carbonyl (C=O) groups is 2. The maximum absolute atomic E-state index is 12.4. The van der Waals surface area contributed by atoms with Crippen molar-refractivity contribution in [1.29, 1.82) is 0 Å². The van der Waals surface area contributed by atoms with Gasteiger partial charge < -0.3 is 10.4 Å². The molecule has 2 aromatic heterocycles. The first-order valence-electron chi connectivity index (χ1n) is 8.59. The van der Waals surface area contributed by atoms with E-state index in [0.717, 1.165) is 16.1 Å². The van der Waals surface area contributed by atoms with Gasteiger partial charge in [0, 0.05) is 33.4 Å². The Morgan fingerprint density at radius 1 is 1.21 bits per heavy atom. The Balaban J connectivity index is 1.60. The van der Waals surface area contributed by atoms with Crippen LogP contribution in [0.4, 0.5) is 10.8 Å². The summed E-state index contributed by atoms with van der Waals surface area (Å²) in [5, 5.41) is 17.5. The van der Waals surface area contributed by atoms with Gasteiger partial charge in [0.1, 0.15) is 0 Å². The minimum Gasteiger partial charge on any atom is -0.481 e. The molecule has 0 saturated carbocycles. The van der Waals surface area contributed by atoms with Gasteiger partial charge in [-0.25, -0.2) is 4.98 Å². The van der Waals surface area contributed by atoms with E-state index in [2.05, 4.69) is 15.6 Å². The third kappa shape index (κ3) is 6.17. The Morgan fingerprint density at radius 3 is 2.79 bits per heavy atom. The second kappa shape index (κ2) is 10.1. The molecular weight excluding hydrogens is 453 g/mol. The standard InChI is InChI=1S/C19H17Cl2N3O3S2/c20-6-5-11-7-12(21)1-3-15(11)22-9-14-2-4-16(29-14)18(27)24-19-23-13(10-28-19)8-17(25)26/h1-4,7,10,22H,5-6,8-9H2,(H,25,26)(H,23,24,27). The molecule has 0 saturated heterocycles. The Morgan fingerprint density at radius 2 is 2.03 bits per heavy atom. The smallest absolute Gasteiger partial charge is 0.309 e. The molecule has 3 aromatic rings. The van der Waals surface area contributed by atoms with E-state index in [9.17, 15) is 9.59 Å². The van der Waals surface area contributed by atoms with Crippen LogP contribution in [-0.2, 0) is 24.2 Å². The summed E-state index contributed by atoms with van der Waals surface area (Å²) in [5.41, 5.74) is 2.43. The topological polar surface area (TPSA) is 91.3 Å². The van der Waals surface area contributed by atoms with Gasteiger partial charge in [-0.15, -0.1) is 34.3 Å². The third-order valence-electron chi connectivity index (χ3n) is 3.87. The van der Waals surface area contributed by atoms with E-state index in [0.29, 0.717) is 39.6 Å². The second-order valence-electron chi connectivity index (χ2n) is 6.03. The zero-order valence-corrected chi connectivity index (χ0v) is 18.2. The van der Waals surface area contributed by atoms with Crippen LogP contribution in [0.1, 0.15) is 25.8 Å². The lowest BCUT2D eigenvalue weighted by atomic mass is 10.1. The average molecular weight is 470 g/mol. The zero-order valence-electron chi connectivity index (χ0n) is 15.1. The SMILES string of the molecule is O=C(O)Cc1csc(NC(=O)c2ccc(CNc3ccc(Cl)cc3CCCl)s2)n1. The van der Waals surface area contributed by atoms with Crippen molar-refractivity contribution in [3.63, 3.8) is 0 Å². The normalized spacial score (nSPS) is 10.7. The zero-order chi connectivity index (χ0) is 20.8. The minimum atomic E-state index is -0.960. The Labute approximate surface area is 185 Å². The van der Waals surface area contributed by atoms with Gasteiger partial charge >= 0.3 is 5.97 Å². The summed E-state index contributed by atoms with van der Waals surface area (Å²) in [6, 6.07) is 9.28. The molecule has 0 aliphatic heterocycles. The van der Waals surface area contributed by atoms with Crippen LogP contribution in [0.15, 0.2) is 35.7 Å². The summed E-state index contributed by atoms with van der Waals surface area (Å²) in [6.07, 6.45) is 0.540. The number of aliphatic carboxylic acids is 1. The first-order chi connectivity index (χ1) is 13.9. The number of carboxylic acids is 1. The molecule has 152 valence electrons. The van der Waals surface area contributed by atoms with E-state index in [1.807, 2.05) is 24.3 Å². The van der Waals surface area contributed by atoms with E-state index < -0.39 is 5.97 Å². The van der Waals surface area contributed by atoms with Gasteiger partial charge in [-0.2, -0.15) is 0 Å². The predicted octanol–water partition coefficient (Wildman–Crippen LogP) is 5.13. The molecule has 0 fully saturated rings. The van der Waals surface area contributed by atoms with Crippen molar-refractivity contribution >= 4 is 68.6 Å². The van der Waals surface area contributed by atoms with E-state index in [-0.39, 0.29) is 12.3 Å². The number of rotatable bonds is 9. The number of halogens is 2. The van der Waals surface area contributed by atoms with Crippen molar-refractivity contribution in [2.75, 3.05) is 16.5 Å². The molecule has 3 rings (SSSR count). The highest BCUT2D eigenvalue weighted by Crippen LogP contribution is 2.25. The van der Waals surface area contributed by atoms with Crippen LogP contribution in [0.3, 0.4) is 0 Å². The van der Waals surface area contributed by atoms with E-state index in [4.69, 9.17) is 28.3 Å². The van der Waals surface area contributed by atoms with Gasteiger partial charge in [-0.1, -0.05) is 11.6 Å². The lowest BCUT2D eigenvalue weighted by molar-refractivity contribution is -0.136. The predicted molar refractivity (Wildman–Crippen MR) is 119 cm³/mol. The van der Waals surface area contributed by atoms with Crippen LogP contribution in [0.5, 0.6) is 0 Å². The number of anilines is 2. The van der Waals surface area contributed by atoms with Crippen LogP contribution in [0, 0.1) is 0 Å². The highest BCUT2D eigenvalue weighted by atomic mass is 35.5. The van der Waals surface area contributed by atoms with Crippen molar-refractivity contribution in [2.24, 2.45) is 0 Å². The van der Waals surface area contributed by atoms with Crippen molar-refractivity contribution in [2.45, 2.75) is 19.4 Å². The number of thiophene rings is 1. The van der Waals surface area contributed by atoms with Gasteiger partial charge in [-0.05, 0) is 42.3 Å². The summed E-state index contributed by atoms with van der Waals surface area (Å²) in [6.45, 7) is 0.564. The number of aromatic nitrogens is 1. The molecular formula is C19H17Cl2N3O3S2. The first-order valence-corrected chi connectivity index (χ1v) is 11.2. The number of hydrogen-bond donors (Lipinski definition) is 3. The maximum atomic E-state index is 12.4. The number of benzene rings is 1. The number of amides is 1. The number of carbonyl (C=O) groups excluding carboxylic acids is 1. The molecule has 3 N–H and O–H groups in total.